The number of ether oxygens (including phenoxy) is 1. The first-order chi connectivity index (χ1) is 8.20. The van der Waals surface area contributed by atoms with Crippen molar-refractivity contribution in [2.75, 3.05) is 14.2 Å². The molecule has 0 aromatic rings. The summed E-state index contributed by atoms with van der Waals surface area (Å²) in [7, 11) is 2.95. The predicted octanol–water partition coefficient (Wildman–Crippen LogP) is 2.25. The lowest BCUT2D eigenvalue weighted by Gasteiger charge is -2.20. The lowest BCUT2D eigenvalue weighted by Crippen LogP contribution is -2.25. The van der Waals surface area contributed by atoms with Crippen molar-refractivity contribution in [2.24, 2.45) is 0 Å². The Morgan fingerprint density at radius 3 is 2.18 bits per heavy atom. The van der Waals surface area contributed by atoms with Crippen LogP contribution in [-0.2, 0) is 14.3 Å². The molecule has 0 saturated heterocycles. The molecule has 17 heavy (non-hydrogen) atoms. The van der Waals surface area contributed by atoms with Crippen LogP contribution in [0.4, 0.5) is 0 Å². The van der Waals surface area contributed by atoms with E-state index < -0.39 is 5.97 Å². The maximum Gasteiger partial charge on any atom is 0.354 e. The summed E-state index contributed by atoms with van der Waals surface area (Å²) in [6.07, 6.45) is 8.28. The zero-order valence-corrected chi connectivity index (χ0v) is 10.7. The first-order valence-corrected chi connectivity index (χ1v) is 6.19. The largest absolute Gasteiger partial charge is 0.464 e. The lowest BCUT2D eigenvalue weighted by atomic mass is 9.94. The molecule has 0 spiro atoms. The second-order valence-corrected chi connectivity index (χ2v) is 4.43. The monoisotopic (exact) mass is 239 g/mol. The third-order valence-electron chi connectivity index (χ3n) is 3.18. The summed E-state index contributed by atoms with van der Waals surface area (Å²) < 4.78 is 4.76. The maximum absolute atomic E-state index is 11.7. The maximum atomic E-state index is 11.7. The highest BCUT2D eigenvalue weighted by Crippen LogP contribution is 2.25. The molecule has 1 fully saturated rings. The van der Waals surface area contributed by atoms with Crippen LogP contribution in [0.5, 0.6) is 0 Å². The molecule has 0 aromatic carbocycles. The number of amides is 1. The third kappa shape index (κ3) is 3.88. The smallest absolute Gasteiger partial charge is 0.354 e. The van der Waals surface area contributed by atoms with E-state index in [-0.39, 0.29) is 0 Å². The summed E-state index contributed by atoms with van der Waals surface area (Å²) in [6.45, 7) is 0. The quantitative estimate of drug-likeness (QED) is 0.431. The number of nitrogens with zero attached hydrogens (tertiary/aromatic N) is 1. The minimum absolute atomic E-state index is 0.407. The molecule has 1 amide bonds. The van der Waals surface area contributed by atoms with Gasteiger partial charge in [0, 0.05) is 7.05 Å². The van der Waals surface area contributed by atoms with Crippen LogP contribution in [-0.4, -0.2) is 31.4 Å². The van der Waals surface area contributed by atoms with E-state index in [0.29, 0.717) is 12.1 Å². The minimum atomic E-state index is -0.407. The van der Waals surface area contributed by atoms with Gasteiger partial charge in [-0.3, -0.25) is 4.79 Å². The Kier molecular flexibility index (Phi) is 5.73. The highest BCUT2D eigenvalue weighted by molar-refractivity contribution is 5.90. The van der Waals surface area contributed by atoms with E-state index in [9.17, 15) is 9.59 Å². The van der Waals surface area contributed by atoms with Crippen molar-refractivity contribution in [1.29, 1.82) is 0 Å². The average molecular weight is 239 g/mol. The van der Waals surface area contributed by atoms with Gasteiger partial charge in [-0.25, -0.2) is 4.79 Å². The summed E-state index contributed by atoms with van der Waals surface area (Å²) in [5.41, 5.74) is 1.50. The van der Waals surface area contributed by atoms with E-state index in [0.717, 1.165) is 31.3 Å². The molecular formula is C13H21NO3. The molecule has 4 nitrogen and oxygen atoms in total. The van der Waals surface area contributed by atoms with Gasteiger partial charge in [-0.15, -0.1) is 0 Å². The Morgan fingerprint density at radius 1 is 1.18 bits per heavy atom. The van der Waals surface area contributed by atoms with Crippen LogP contribution in [0.1, 0.15) is 44.9 Å². The Balaban J connectivity index is 2.96. The summed E-state index contributed by atoms with van der Waals surface area (Å²) in [6, 6.07) is 0. The Morgan fingerprint density at radius 2 is 1.71 bits per heavy atom. The van der Waals surface area contributed by atoms with Gasteiger partial charge in [-0.2, -0.15) is 0 Å². The molecule has 0 aliphatic heterocycles. The fraction of sp³-hybridized carbons (Fsp3) is 0.692. The molecule has 0 aromatic heterocycles. The molecule has 4 heteroatoms. The van der Waals surface area contributed by atoms with Crippen LogP contribution < -0.4 is 0 Å². The third-order valence-corrected chi connectivity index (χ3v) is 3.18. The van der Waals surface area contributed by atoms with E-state index in [4.69, 9.17) is 4.74 Å². The second-order valence-electron chi connectivity index (χ2n) is 4.43. The van der Waals surface area contributed by atoms with Crippen molar-refractivity contribution in [2.45, 2.75) is 44.9 Å². The van der Waals surface area contributed by atoms with Gasteiger partial charge in [0.05, 0.1) is 7.11 Å². The number of rotatable bonds is 3. The molecule has 0 atom stereocenters. The van der Waals surface area contributed by atoms with E-state index in [1.807, 2.05) is 0 Å². The van der Waals surface area contributed by atoms with Crippen molar-refractivity contribution in [3.8, 4) is 0 Å². The van der Waals surface area contributed by atoms with Crippen LogP contribution >= 0.6 is 0 Å². The average Bonchev–Trinajstić information content (AvgIpc) is 2.31. The lowest BCUT2D eigenvalue weighted by molar-refractivity contribution is -0.139. The molecule has 1 aliphatic carbocycles. The molecule has 96 valence electrons. The van der Waals surface area contributed by atoms with Gasteiger partial charge >= 0.3 is 5.97 Å². The molecule has 0 unspecified atom stereocenters. The van der Waals surface area contributed by atoms with Crippen molar-refractivity contribution in [3.05, 3.63) is 11.3 Å². The molecule has 0 N–H and O–H groups in total. The molecule has 0 heterocycles. The van der Waals surface area contributed by atoms with Gasteiger partial charge < -0.3 is 9.64 Å². The number of carbonyl (C=O) groups is 2. The minimum Gasteiger partial charge on any atom is -0.464 e. The van der Waals surface area contributed by atoms with Gasteiger partial charge in [0.15, 0.2) is 0 Å². The SMILES string of the molecule is COC(=O)C(=C1CCCCCCC1)N(C)C=O. The van der Waals surface area contributed by atoms with E-state index >= 15 is 0 Å². The van der Waals surface area contributed by atoms with Crippen LogP contribution in [0.2, 0.25) is 0 Å². The Labute approximate surface area is 103 Å². The van der Waals surface area contributed by atoms with Gasteiger partial charge in [0.2, 0.25) is 6.41 Å². The molecule has 1 rings (SSSR count). The molecule has 1 aliphatic rings. The topological polar surface area (TPSA) is 46.6 Å². The molecule has 0 radical (unpaired) electrons. The van der Waals surface area contributed by atoms with Crippen molar-refractivity contribution in [3.63, 3.8) is 0 Å². The normalized spacial score (nSPS) is 16.7. The number of esters is 1. The first kappa shape index (κ1) is 13.7. The van der Waals surface area contributed by atoms with Crippen LogP contribution in [0.25, 0.3) is 0 Å². The van der Waals surface area contributed by atoms with E-state index in [2.05, 4.69) is 0 Å². The predicted molar refractivity (Wildman–Crippen MR) is 65.2 cm³/mol. The van der Waals surface area contributed by atoms with Gasteiger partial charge in [-0.1, -0.05) is 19.3 Å². The van der Waals surface area contributed by atoms with Crippen LogP contribution in [0.15, 0.2) is 11.3 Å². The Bertz CT molecular complexity index is 300. The summed E-state index contributed by atoms with van der Waals surface area (Å²) in [5, 5.41) is 0. The van der Waals surface area contributed by atoms with Gasteiger partial charge in [0.1, 0.15) is 5.70 Å². The summed E-state index contributed by atoms with van der Waals surface area (Å²) in [5.74, 6) is -0.407. The second kappa shape index (κ2) is 7.09. The van der Waals surface area contributed by atoms with Crippen molar-refractivity contribution in [1.82, 2.24) is 4.90 Å². The summed E-state index contributed by atoms with van der Waals surface area (Å²) in [4.78, 5) is 23.9. The summed E-state index contributed by atoms with van der Waals surface area (Å²) >= 11 is 0. The van der Waals surface area contributed by atoms with E-state index in [1.165, 1.54) is 31.3 Å². The van der Waals surface area contributed by atoms with Gasteiger partial charge in [-0.05, 0) is 31.3 Å². The number of hydrogen-bond donors (Lipinski definition) is 0. The zero-order valence-electron chi connectivity index (χ0n) is 10.7. The zero-order chi connectivity index (χ0) is 12.7. The fourth-order valence-electron chi connectivity index (χ4n) is 2.26. The van der Waals surface area contributed by atoms with Crippen LogP contribution in [0, 0.1) is 0 Å². The van der Waals surface area contributed by atoms with Crippen molar-refractivity contribution >= 4 is 12.4 Å². The highest BCUT2D eigenvalue weighted by atomic mass is 16.5. The molecule has 0 bridgehead atoms. The fourth-order valence-corrected chi connectivity index (χ4v) is 2.26. The number of carbonyl (C=O) groups excluding carboxylic acids is 2. The van der Waals surface area contributed by atoms with Crippen molar-refractivity contribution < 1.29 is 14.3 Å². The van der Waals surface area contributed by atoms with E-state index in [1.54, 1.807) is 7.05 Å². The standard InChI is InChI=1S/C13H21NO3/c1-14(10-15)12(13(16)17-2)11-8-6-4-3-5-7-9-11/h10H,3-9H2,1-2H3. The number of methoxy groups -OCH3 is 1. The van der Waals surface area contributed by atoms with Gasteiger partial charge in [0.25, 0.3) is 0 Å². The Hall–Kier alpha value is -1.32. The first-order valence-electron chi connectivity index (χ1n) is 6.19. The van der Waals surface area contributed by atoms with Crippen LogP contribution in [0.3, 0.4) is 0 Å². The number of likely N-dealkylation sites (N-methyl/N-ethyl adjacent to an activating group) is 1. The molecular weight excluding hydrogens is 218 g/mol. The highest BCUT2D eigenvalue weighted by Gasteiger charge is 2.20. The number of allylic oxidation sites excluding steroid dienone is 1. The molecule has 1 saturated carbocycles. The number of hydrogen-bond acceptors (Lipinski definition) is 3.